The van der Waals surface area contributed by atoms with Gasteiger partial charge in [-0.3, -0.25) is 0 Å². The van der Waals surface area contributed by atoms with Gasteiger partial charge in [-0.05, 0) is 24.1 Å². The van der Waals surface area contributed by atoms with Gasteiger partial charge in [0.15, 0.2) is 6.17 Å². The molecule has 0 amide bonds. The number of aryl methyl sites for hydroxylation is 1. The number of rotatable bonds is 2. The van der Waals surface area contributed by atoms with Gasteiger partial charge in [0.2, 0.25) is 0 Å². The number of alkyl halides is 6. The molecule has 0 aromatic heterocycles. The third kappa shape index (κ3) is 2.75. The molecule has 0 saturated carbocycles. The highest BCUT2D eigenvalue weighted by atomic mass is 79.9. The molecule has 1 aromatic carbocycles. The molecule has 96 valence electrons. The van der Waals surface area contributed by atoms with Crippen molar-refractivity contribution in [2.45, 2.75) is 25.2 Å². The lowest BCUT2D eigenvalue weighted by atomic mass is 10.0. The molecule has 0 aliphatic rings. The first-order chi connectivity index (χ1) is 7.57. The summed E-state index contributed by atoms with van der Waals surface area (Å²) in [5.41, 5.74) is -0.323. The van der Waals surface area contributed by atoms with Gasteiger partial charge in [0.05, 0.1) is 0 Å². The van der Waals surface area contributed by atoms with Crippen LogP contribution < -0.4 is 0 Å². The van der Waals surface area contributed by atoms with Gasteiger partial charge in [0, 0.05) is 4.47 Å². The average Bonchev–Trinajstić information content (AvgIpc) is 2.19. The van der Waals surface area contributed by atoms with Crippen LogP contribution in [-0.4, -0.2) is 12.1 Å². The molecule has 0 aliphatic carbocycles. The van der Waals surface area contributed by atoms with E-state index in [9.17, 15) is 26.3 Å². The summed E-state index contributed by atoms with van der Waals surface area (Å²) >= 11 is 3.04. The smallest absolute Gasteiger partial charge is 0.235 e. The maximum Gasteiger partial charge on any atom is 0.456 e. The number of hydrogen-bond donors (Lipinski definition) is 0. The van der Waals surface area contributed by atoms with Crippen molar-refractivity contribution in [3.63, 3.8) is 0 Å². The average molecular weight is 321 g/mol. The fourth-order valence-electron chi connectivity index (χ4n) is 1.18. The van der Waals surface area contributed by atoms with E-state index < -0.39 is 23.8 Å². The summed E-state index contributed by atoms with van der Waals surface area (Å²) in [6.07, 6.45) is -9.32. The summed E-state index contributed by atoms with van der Waals surface area (Å²) in [6.45, 7) is 1.46. The zero-order chi connectivity index (χ0) is 13.4. The Morgan fingerprint density at radius 3 is 2.06 bits per heavy atom. The molecule has 1 rings (SSSR count). The van der Waals surface area contributed by atoms with Crippen molar-refractivity contribution >= 4 is 15.9 Å². The molecular formula is C10H7BrF6. The first-order valence-electron chi connectivity index (χ1n) is 4.42. The van der Waals surface area contributed by atoms with Gasteiger partial charge in [-0.1, -0.05) is 28.1 Å². The molecule has 17 heavy (non-hydrogen) atoms. The van der Waals surface area contributed by atoms with E-state index in [1.807, 2.05) is 0 Å². The Labute approximate surface area is 102 Å². The minimum Gasteiger partial charge on any atom is -0.235 e. The largest absolute Gasteiger partial charge is 0.456 e. The molecule has 0 nitrogen and oxygen atoms in total. The van der Waals surface area contributed by atoms with E-state index in [2.05, 4.69) is 15.9 Å². The second-order valence-corrected chi connectivity index (χ2v) is 4.35. The van der Waals surface area contributed by atoms with Gasteiger partial charge in [-0.25, -0.2) is 4.39 Å². The third-order valence-electron chi connectivity index (χ3n) is 2.17. The van der Waals surface area contributed by atoms with Gasteiger partial charge in [0.1, 0.15) is 0 Å². The molecule has 0 radical (unpaired) electrons. The number of benzene rings is 1. The van der Waals surface area contributed by atoms with Crippen LogP contribution in [0.15, 0.2) is 22.7 Å². The zero-order valence-corrected chi connectivity index (χ0v) is 10.0. The Morgan fingerprint density at radius 2 is 1.65 bits per heavy atom. The van der Waals surface area contributed by atoms with Crippen molar-refractivity contribution in [3.8, 4) is 0 Å². The summed E-state index contributed by atoms with van der Waals surface area (Å²) in [4.78, 5) is 0. The molecule has 7 heteroatoms. The maximum atomic E-state index is 13.2. The van der Waals surface area contributed by atoms with Gasteiger partial charge >= 0.3 is 12.1 Å². The summed E-state index contributed by atoms with van der Waals surface area (Å²) in [5, 5.41) is 0. The Hall–Kier alpha value is -0.720. The van der Waals surface area contributed by atoms with Crippen LogP contribution in [0.1, 0.15) is 17.3 Å². The van der Waals surface area contributed by atoms with Gasteiger partial charge in [0.25, 0.3) is 0 Å². The highest BCUT2D eigenvalue weighted by Crippen LogP contribution is 2.46. The normalized spacial score (nSPS) is 14.8. The van der Waals surface area contributed by atoms with Crippen LogP contribution >= 0.6 is 15.9 Å². The molecule has 0 fully saturated rings. The monoisotopic (exact) mass is 320 g/mol. The van der Waals surface area contributed by atoms with Crippen LogP contribution in [0, 0.1) is 6.92 Å². The van der Waals surface area contributed by atoms with Crippen LogP contribution in [0.4, 0.5) is 26.3 Å². The van der Waals surface area contributed by atoms with E-state index in [0.29, 0.717) is 10.0 Å². The van der Waals surface area contributed by atoms with Crippen molar-refractivity contribution in [1.29, 1.82) is 0 Å². The molecule has 1 atom stereocenters. The molecule has 1 aromatic rings. The standard InChI is InChI=1S/C10H7BrF6/c1-5-4-6(2-3-7(5)11)8(12)9(13,14)10(15,16)17/h2-4,8H,1H3. The molecular weight excluding hydrogens is 314 g/mol. The van der Waals surface area contributed by atoms with Gasteiger partial charge in [-0.2, -0.15) is 22.0 Å². The lowest BCUT2D eigenvalue weighted by molar-refractivity contribution is -0.305. The maximum absolute atomic E-state index is 13.2. The van der Waals surface area contributed by atoms with Crippen LogP contribution in [-0.2, 0) is 0 Å². The Bertz CT molecular complexity index is 412. The van der Waals surface area contributed by atoms with E-state index in [4.69, 9.17) is 0 Å². The Kier molecular flexibility index (Phi) is 3.81. The van der Waals surface area contributed by atoms with Crippen molar-refractivity contribution < 1.29 is 26.3 Å². The molecule has 0 heterocycles. The summed E-state index contributed by atoms with van der Waals surface area (Å²) < 4.78 is 75.0. The number of hydrogen-bond acceptors (Lipinski definition) is 0. The SMILES string of the molecule is Cc1cc(C(F)C(F)(F)C(F)(F)F)ccc1Br. The fraction of sp³-hybridized carbons (Fsp3) is 0.400. The van der Waals surface area contributed by atoms with Crippen LogP contribution in [0.5, 0.6) is 0 Å². The molecule has 0 saturated heterocycles. The van der Waals surface area contributed by atoms with Crippen LogP contribution in [0.25, 0.3) is 0 Å². The summed E-state index contributed by atoms with van der Waals surface area (Å²) in [6, 6.07) is 3.07. The molecule has 0 N–H and O–H groups in total. The van der Waals surface area contributed by atoms with Crippen molar-refractivity contribution in [2.24, 2.45) is 0 Å². The van der Waals surface area contributed by atoms with E-state index in [1.165, 1.54) is 13.0 Å². The topological polar surface area (TPSA) is 0 Å². The van der Waals surface area contributed by atoms with E-state index in [0.717, 1.165) is 12.1 Å². The Balaban J connectivity index is 3.12. The highest BCUT2D eigenvalue weighted by molar-refractivity contribution is 9.10. The molecule has 1 unspecified atom stereocenters. The summed E-state index contributed by atoms with van der Waals surface area (Å²) in [7, 11) is 0. The first kappa shape index (κ1) is 14.3. The minimum absolute atomic E-state index is 0.378. The van der Waals surface area contributed by atoms with E-state index >= 15 is 0 Å². The lowest BCUT2D eigenvalue weighted by Gasteiger charge is -2.23. The Morgan fingerprint density at radius 1 is 1.12 bits per heavy atom. The van der Waals surface area contributed by atoms with E-state index in [-0.39, 0.29) is 0 Å². The zero-order valence-electron chi connectivity index (χ0n) is 8.46. The van der Waals surface area contributed by atoms with Crippen molar-refractivity contribution in [1.82, 2.24) is 0 Å². The fourth-order valence-corrected chi connectivity index (χ4v) is 1.43. The second kappa shape index (κ2) is 4.51. The van der Waals surface area contributed by atoms with Gasteiger partial charge < -0.3 is 0 Å². The minimum atomic E-state index is -5.91. The predicted octanol–water partition coefficient (Wildman–Crippen LogP) is 4.97. The van der Waals surface area contributed by atoms with Crippen molar-refractivity contribution in [2.75, 3.05) is 0 Å². The van der Waals surface area contributed by atoms with Crippen LogP contribution in [0.3, 0.4) is 0 Å². The highest BCUT2D eigenvalue weighted by Gasteiger charge is 2.63. The second-order valence-electron chi connectivity index (χ2n) is 3.49. The molecule has 0 spiro atoms. The lowest BCUT2D eigenvalue weighted by Crippen LogP contribution is -2.40. The third-order valence-corrected chi connectivity index (χ3v) is 3.06. The number of halogens is 7. The first-order valence-corrected chi connectivity index (χ1v) is 5.21. The predicted molar refractivity (Wildman–Crippen MR) is 53.7 cm³/mol. The molecule has 0 bridgehead atoms. The molecule has 0 aliphatic heterocycles. The quantitative estimate of drug-likeness (QED) is 0.675. The van der Waals surface area contributed by atoms with E-state index in [1.54, 1.807) is 0 Å². The summed E-state index contributed by atoms with van der Waals surface area (Å²) in [5.74, 6) is -5.40. The van der Waals surface area contributed by atoms with Gasteiger partial charge in [-0.15, -0.1) is 0 Å². The van der Waals surface area contributed by atoms with Crippen LogP contribution in [0.2, 0.25) is 0 Å². The van der Waals surface area contributed by atoms with Crippen molar-refractivity contribution in [3.05, 3.63) is 33.8 Å².